The van der Waals surface area contributed by atoms with Crippen LogP contribution < -0.4 is 5.32 Å². The number of alkyl halides is 2. The first-order chi connectivity index (χ1) is 10.6. The average molecular weight is 363 g/mol. The minimum absolute atomic E-state index is 0.0986. The summed E-state index contributed by atoms with van der Waals surface area (Å²) in [6.45, 7) is 8.36. The molecule has 1 aromatic heterocycles. The van der Waals surface area contributed by atoms with Gasteiger partial charge in [0.2, 0.25) is 5.91 Å². The SMILES string of the molecule is CCCN(CC(=O)Nc1cc(C(C)(C)C)nn1C)C(=O)C(Cl)Cl. The van der Waals surface area contributed by atoms with Gasteiger partial charge < -0.3 is 10.2 Å². The van der Waals surface area contributed by atoms with Crippen LogP contribution in [0.4, 0.5) is 5.82 Å². The maximum Gasteiger partial charge on any atom is 0.256 e. The third-order valence-electron chi connectivity index (χ3n) is 3.24. The summed E-state index contributed by atoms with van der Waals surface area (Å²) < 4.78 is 1.61. The summed E-state index contributed by atoms with van der Waals surface area (Å²) in [5, 5.41) is 7.16. The van der Waals surface area contributed by atoms with Crippen molar-refractivity contribution < 1.29 is 9.59 Å². The molecular weight excluding hydrogens is 339 g/mol. The van der Waals surface area contributed by atoms with Gasteiger partial charge in [0.1, 0.15) is 5.82 Å². The Morgan fingerprint density at radius 1 is 1.39 bits per heavy atom. The number of amides is 2. The normalized spacial score (nSPS) is 11.7. The molecule has 130 valence electrons. The highest BCUT2D eigenvalue weighted by molar-refractivity contribution is 6.53. The number of anilines is 1. The molecule has 0 saturated carbocycles. The van der Waals surface area contributed by atoms with Gasteiger partial charge in [-0.2, -0.15) is 5.10 Å². The lowest BCUT2D eigenvalue weighted by molar-refractivity contribution is -0.133. The molecule has 0 aliphatic rings. The maximum absolute atomic E-state index is 12.2. The van der Waals surface area contributed by atoms with Gasteiger partial charge in [-0.1, -0.05) is 50.9 Å². The first-order valence-electron chi connectivity index (χ1n) is 7.47. The number of hydrogen-bond acceptors (Lipinski definition) is 3. The summed E-state index contributed by atoms with van der Waals surface area (Å²) in [4.78, 5) is 24.3. The summed E-state index contributed by atoms with van der Waals surface area (Å²) in [5.74, 6) is -0.202. The molecule has 0 saturated heterocycles. The predicted octanol–water partition coefficient (Wildman–Crippen LogP) is 2.70. The lowest BCUT2D eigenvalue weighted by Crippen LogP contribution is -2.41. The fourth-order valence-corrected chi connectivity index (χ4v) is 2.26. The zero-order valence-electron chi connectivity index (χ0n) is 14.2. The highest BCUT2D eigenvalue weighted by atomic mass is 35.5. The van der Waals surface area contributed by atoms with Crippen molar-refractivity contribution in [3.8, 4) is 0 Å². The number of aromatic nitrogens is 2. The predicted molar refractivity (Wildman–Crippen MR) is 92.9 cm³/mol. The Bertz CT molecular complexity index is 564. The van der Waals surface area contributed by atoms with Crippen LogP contribution in [0.25, 0.3) is 0 Å². The third kappa shape index (κ3) is 5.70. The van der Waals surface area contributed by atoms with Crippen molar-refractivity contribution in [1.29, 1.82) is 0 Å². The molecule has 0 radical (unpaired) electrons. The van der Waals surface area contributed by atoms with E-state index in [1.807, 2.05) is 33.8 Å². The topological polar surface area (TPSA) is 67.2 Å². The molecule has 0 atom stereocenters. The first kappa shape index (κ1) is 19.8. The van der Waals surface area contributed by atoms with Crippen molar-refractivity contribution in [3.05, 3.63) is 11.8 Å². The second kappa shape index (κ2) is 8.02. The lowest BCUT2D eigenvalue weighted by atomic mass is 9.92. The maximum atomic E-state index is 12.2. The Morgan fingerprint density at radius 2 is 2.00 bits per heavy atom. The molecule has 1 aromatic rings. The summed E-state index contributed by atoms with van der Waals surface area (Å²) in [6, 6.07) is 1.83. The number of nitrogens with zero attached hydrogens (tertiary/aromatic N) is 3. The molecule has 0 aromatic carbocycles. The Morgan fingerprint density at radius 3 is 2.43 bits per heavy atom. The van der Waals surface area contributed by atoms with Gasteiger partial charge in [0.05, 0.1) is 12.2 Å². The molecule has 1 heterocycles. The van der Waals surface area contributed by atoms with E-state index in [1.54, 1.807) is 11.7 Å². The molecule has 0 unspecified atom stereocenters. The van der Waals surface area contributed by atoms with Crippen LogP contribution in [0.15, 0.2) is 6.07 Å². The molecule has 2 amide bonds. The van der Waals surface area contributed by atoms with Crippen molar-refractivity contribution in [2.24, 2.45) is 7.05 Å². The number of halogens is 2. The van der Waals surface area contributed by atoms with Crippen LogP contribution in [0.5, 0.6) is 0 Å². The third-order valence-corrected chi connectivity index (χ3v) is 3.62. The Kier molecular flexibility index (Phi) is 6.89. The molecule has 0 spiro atoms. The number of hydrogen-bond donors (Lipinski definition) is 1. The van der Waals surface area contributed by atoms with Gasteiger partial charge in [-0.05, 0) is 6.42 Å². The second-order valence-electron chi connectivity index (χ2n) is 6.40. The van der Waals surface area contributed by atoms with E-state index in [0.29, 0.717) is 18.8 Å². The second-order valence-corrected chi connectivity index (χ2v) is 7.49. The summed E-state index contributed by atoms with van der Waals surface area (Å²) >= 11 is 11.2. The van der Waals surface area contributed by atoms with Crippen LogP contribution in [0.1, 0.15) is 39.8 Å². The van der Waals surface area contributed by atoms with Crippen molar-refractivity contribution in [3.63, 3.8) is 0 Å². The van der Waals surface area contributed by atoms with E-state index in [-0.39, 0.29) is 17.9 Å². The summed E-state index contributed by atoms with van der Waals surface area (Å²) in [7, 11) is 1.76. The van der Waals surface area contributed by atoms with Crippen molar-refractivity contribution in [1.82, 2.24) is 14.7 Å². The zero-order chi connectivity index (χ0) is 17.8. The first-order valence-corrected chi connectivity index (χ1v) is 8.34. The highest BCUT2D eigenvalue weighted by Crippen LogP contribution is 2.23. The highest BCUT2D eigenvalue weighted by Gasteiger charge is 2.23. The summed E-state index contributed by atoms with van der Waals surface area (Å²) in [5.41, 5.74) is 0.758. The van der Waals surface area contributed by atoms with Gasteiger partial charge in [0, 0.05) is 25.1 Å². The summed E-state index contributed by atoms with van der Waals surface area (Å²) in [6.07, 6.45) is 0.708. The van der Waals surface area contributed by atoms with Crippen LogP contribution in [-0.2, 0) is 22.1 Å². The van der Waals surface area contributed by atoms with Gasteiger partial charge >= 0.3 is 0 Å². The Hall–Kier alpha value is -1.27. The van der Waals surface area contributed by atoms with Gasteiger partial charge in [-0.3, -0.25) is 14.3 Å². The fourth-order valence-electron chi connectivity index (χ4n) is 1.98. The van der Waals surface area contributed by atoms with Gasteiger partial charge in [0.25, 0.3) is 5.91 Å². The molecule has 23 heavy (non-hydrogen) atoms. The smallest absolute Gasteiger partial charge is 0.256 e. The number of carbonyl (C=O) groups excluding carboxylic acids is 2. The molecule has 0 bridgehead atoms. The van der Waals surface area contributed by atoms with E-state index >= 15 is 0 Å². The van der Waals surface area contributed by atoms with Crippen molar-refractivity contribution >= 4 is 40.8 Å². The van der Waals surface area contributed by atoms with Crippen LogP contribution in [0.3, 0.4) is 0 Å². The number of nitrogens with one attached hydrogen (secondary N) is 1. The van der Waals surface area contributed by atoms with E-state index in [2.05, 4.69) is 10.4 Å². The van der Waals surface area contributed by atoms with E-state index < -0.39 is 10.7 Å². The number of rotatable bonds is 6. The Labute approximate surface area is 147 Å². The van der Waals surface area contributed by atoms with Crippen LogP contribution in [0, 0.1) is 0 Å². The van der Waals surface area contributed by atoms with Gasteiger partial charge in [0.15, 0.2) is 4.84 Å². The molecule has 1 rings (SSSR count). The average Bonchev–Trinajstić information content (AvgIpc) is 2.78. The number of carbonyl (C=O) groups is 2. The van der Waals surface area contributed by atoms with Crippen LogP contribution >= 0.6 is 23.2 Å². The minimum atomic E-state index is -1.17. The molecule has 0 aliphatic carbocycles. The monoisotopic (exact) mass is 362 g/mol. The number of aryl methyl sites for hydroxylation is 1. The van der Waals surface area contributed by atoms with Gasteiger partial charge in [-0.15, -0.1) is 0 Å². The molecule has 6 nitrogen and oxygen atoms in total. The Balaban J connectivity index is 2.79. The van der Waals surface area contributed by atoms with Crippen molar-refractivity contribution in [2.75, 3.05) is 18.4 Å². The van der Waals surface area contributed by atoms with Crippen molar-refractivity contribution in [2.45, 2.75) is 44.4 Å². The quantitative estimate of drug-likeness (QED) is 0.791. The lowest BCUT2D eigenvalue weighted by Gasteiger charge is -2.21. The molecule has 0 fully saturated rings. The molecule has 8 heteroatoms. The van der Waals surface area contributed by atoms with Crippen LogP contribution in [-0.4, -0.2) is 44.4 Å². The standard InChI is InChI=1S/C15H24Cl2N4O2/c1-6-7-21(14(23)13(16)17)9-12(22)18-11-8-10(15(2,3)4)19-20(11)5/h8,13H,6-7,9H2,1-5H3,(H,18,22). The fraction of sp³-hybridized carbons (Fsp3) is 0.667. The zero-order valence-corrected chi connectivity index (χ0v) is 15.7. The largest absolute Gasteiger partial charge is 0.331 e. The molecule has 1 N–H and O–H groups in total. The van der Waals surface area contributed by atoms with Gasteiger partial charge in [-0.25, -0.2) is 0 Å². The van der Waals surface area contributed by atoms with E-state index in [0.717, 1.165) is 5.69 Å². The van der Waals surface area contributed by atoms with E-state index in [9.17, 15) is 9.59 Å². The van der Waals surface area contributed by atoms with E-state index in [1.165, 1.54) is 4.90 Å². The minimum Gasteiger partial charge on any atom is -0.331 e. The molecular formula is C15H24Cl2N4O2. The van der Waals surface area contributed by atoms with Crippen LogP contribution in [0.2, 0.25) is 0 Å². The van der Waals surface area contributed by atoms with E-state index in [4.69, 9.17) is 23.2 Å². The molecule has 0 aliphatic heterocycles.